The molecule has 0 aliphatic rings. The maximum atomic E-state index is 11.1. The van der Waals surface area contributed by atoms with Crippen molar-refractivity contribution in [1.82, 2.24) is 10.2 Å². The number of hydrogen-bond acceptors (Lipinski definition) is 5. The third kappa shape index (κ3) is 3.74. The van der Waals surface area contributed by atoms with E-state index in [1.54, 1.807) is 0 Å². The largest absolute Gasteiger partial charge is 0.480 e. The molecule has 7 heteroatoms. The highest BCUT2D eigenvalue weighted by atomic mass is 16.5. The Morgan fingerprint density at radius 1 is 1.38 bits per heavy atom. The zero-order valence-corrected chi connectivity index (χ0v) is 8.38. The minimum atomic E-state index is -1.20. The van der Waals surface area contributed by atoms with Gasteiger partial charge in [-0.05, 0) is 6.07 Å². The first kappa shape index (κ1) is 11.6. The van der Waals surface area contributed by atoms with E-state index in [0.717, 1.165) is 12.2 Å². The molecular weight excluding hydrogens is 214 g/mol. The summed E-state index contributed by atoms with van der Waals surface area (Å²) in [7, 11) is 1.44. The van der Waals surface area contributed by atoms with E-state index in [4.69, 9.17) is 9.84 Å². The lowest BCUT2D eigenvalue weighted by molar-refractivity contribution is -0.131. The minimum Gasteiger partial charge on any atom is -0.480 e. The van der Waals surface area contributed by atoms with Gasteiger partial charge in [0.1, 0.15) is 0 Å². The van der Waals surface area contributed by atoms with Crippen LogP contribution in [0.1, 0.15) is 0 Å². The van der Waals surface area contributed by atoms with Crippen molar-refractivity contribution in [3.05, 3.63) is 24.3 Å². The zero-order valence-electron chi connectivity index (χ0n) is 8.38. The van der Waals surface area contributed by atoms with Crippen molar-refractivity contribution in [2.45, 2.75) is 0 Å². The molecule has 0 saturated heterocycles. The summed E-state index contributed by atoms with van der Waals surface area (Å²) < 4.78 is 4.78. The normalized spacial score (nSPS) is 10.1. The van der Waals surface area contributed by atoms with Crippen molar-refractivity contribution < 1.29 is 19.4 Å². The summed E-state index contributed by atoms with van der Waals surface area (Å²) in [5.74, 6) is -1.27. The molecule has 1 heterocycles. The van der Waals surface area contributed by atoms with Gasteiger partial charge in [-0.25, -0.2) is 4.79 Å². The molecule has 16 heavy (non-hydrogen) atoms. The summed E-state index contributed by atoms with van der Waals surface area (Å²) in [4.78, 5) is 21.2. The van der Waals surface area contributed by atoms with Crippen molar-refractivity contribution in [3.63, 3.8) is 0 Å². The van der Waals surface area contributed by atoms with Gasteiger partial charge in [0.05, 0.1) is 7.11 Å². The lowest BCUT2D eigenvalue weighted by Gasteiger charge is -2.00. The average molecular weight is 223 g/mol. The van der Waals surface area contributed by atoms with Gasteiger partial charge >= 0.3 is 5.97 Å². The number of carbonyl (C=O) groups excluding carboxylic acids is 1. The van der Waals surface area contributed by atoms with Gasteiger partial charge in [0, 0.05) is 18.2 Å². The number of aliphatic carboxylic acids is 1. The number of nitrogens with one attached hydrogen (secondary N) is 1. The lowest BCUT2D eigenvalue weighted by Crippen LogP contribution is -2.10. The third-order valence-electron chi connectivity index (χ3n) is 1.48. The maximum absolute atomic E-state index is 11.1. The smallest absolute Gasteiger partial charge is 0.328 e. The fraction of sp³-hybridized carbons (Fsp3) is 0.111. The number of amides is 1. The summed E-state index contributed by atoms with van der Waals surface area (Å²) in [6.07, 6.45) is 1.61. The number of ether oxygens (including phenoxy) is 1. The number of carboxylic acids is 1. The van der Waals surface area contributed by atoms with Gasteiger partial charge in [0.2, 0.25) is 11.8 Å². The summed E-state index contributed by atoms with van der Waals surface area (Å²) in [5.41, 5.74) is 0. The van der Waals surface area contributed by atoms with Crippen molar-refractivity contribution in [3.8, 4) is 5.88 Å². The minimum absolute atomic E-state index is 0.209. The molecule has 1 aromatic rings. The van der Waals surface area contributed by atoms with E-state index in [2.05, 4.69) is 15.5 Å². The van der Waals surface area contributed by atoms with Gasteiger partial charge in [-0.1, -0.05) is 0 Å². The molecule has 1 aromatic heterocycles. The van der Waals surface area contributed by atoms with Crippen molar-refractivity contribution in [2.75, 3.05) is 12.4 Å². The predicted molar refractivity (Wildman–Crippen MR) is 54.0 cm³/mol. The van der Waals surface area contributed by atoms with Crippen LogP contribution in [0, 0.1) is 0 Å². The molecule has 1 amide bonds. The monoisotopic (exact) mass is 223 g/mol. The van der Waals surface area contributed by atoms with E-state index >= 15 is 0 Å². The van der Waals surface area contributed by atoms with E-state index in [0.29, 0.717) is 5.88 Å². The summed E-state index contributed by atoms with van der Waals surface area (Å²) in [6.45, 7) is 0. The second kappa shape index (κ2) is 5.44. The average Bonchev–Trinajstić information content (AvgIpc) is 2.27. The molecule has 1 rings (SSSR count). The molecule has 0 saturated carbocycles. The third-order valence-corrected chi connectivity index (χ3v) is 1.48. The molecule has 2 N–H and O–H groups in total. The molecule has 0 atom stereocenters. The molecule has 0 fully saturated rings. The predicted octanol–water partition coefficient (Wildman–Crippen LogP) is 0.0645. The van der Waals surface area contributed by atoms with Crippen LogP contribution in [-0.4, -0.2) is 34.3 Å². The second-order valence-corrected chi connectivity index (χ2v) is 2.62. The summed E-state index contributed by atoms with van der Waals surface area (Å²) in [6, 6.07) is 3.00. The highest BCUT2D eigenvalue weighted by Gasteiger charge is 2.01. The molecule has 0 spiro atoms. The number of carbonyl (C=O) groups is 2. The maximum Gasteiger partial charge on any atom is 0.328 e. The molecule has 0 aromatic carbocycles. The van der Waals surface area contributed by atoms with Crippen LogP contribution < -0.4 is 10.1 Å². The number of rotatable bonds is 4. The SMILES string of the molecule is COc1ccc(NC(=O)C=CC(=O)O)nn1. The first-order valence-corrected chi connectivity index (χ1v) is 4.21. The van der Waals surface area contributed by atoms with Gasteiger partial charge in [0.25, 0.3) is 0 Å². The van der Waals surface area contributed by atoms with Crippen LogP contribution in [0.2, 0.25) is 0 Å². The highest BCUT2D eigenvalue weighted by molar-refractivity contribution is 6.01. The Morgan fingerprint density at radius 2 is 2.12 bits per heavy atom. The van der Waals surface area contributed by atoms with E-state index in [-0.39, 0.29) is 5.82 Å². The summed E-state index contributed by atoms with van der Waals surface area (Å²) >= 11 is 0. The van der Waals surface area contributed by atoms with Crippen LogP contribution in [0.3, 0.4) is 0 Å². The van der Waals surface area contributed by atoms with Crippen molar-refractivity contribution >= 4 is 17.7 Å². The Kier molecular flexibility index (Phi) is 3.96. The second-order valence-electron chi connectivity index (χ2n) is 2.62. The first-order valence-electron chi connectivity index (χ1n) is 4.21. The van der Waals surface area contributed by atoms with Crippen LogP contribution in [0.15, 0.2) is 24.3 Å². The Bertz CT molecular complexity index is 413. The van der Waals surface area contributed by atoms with E-state index < -0.39 is 11.9 Å². The van der Waals surface area contributed by atoms with Gasteiger partial charge in [-0.3, -0.25) is 4.79 Å². The molecule has 0 aliphatic carbocycles. The number of methoxy groups -OCH3 is 1. The number of hydrogen-bond donors (Lipinski definition) is 2. The molecule has 0 bridgehead atoms. The Balaban J connectivity index is 2.59. The molecule has 0 aliphatic heterocycles. The Morgan fingerprint density at radius 3 is 2.62 bits per heavy atom. The van der Waals surface area contributed by atoms with Gasteiger partial charge in [-0.15, -0.1) is 10.2 Å². The molecular formula is C9H9N3O4. The molecule has 0 unspecified atom stereocenters. The van der Waals surface area contributed by atoms with Crippen LogP contribution in [-0.2, 0) is 9.59 Å². The van der Waals surface area contributed by atoms with Gasteiger partial charge in [-0.2, -0.15) is 0 Å². The number of anilines is 1. The van der Waals surface area contributed by atoms with Crippen LogP contribution in [0.25, 0.3) is 0 Å². The summed E-state index contributed by atoms with van der Waals surface area (Å²) in [5, 5.41) is 17.9. The van der Waals surface area contributed by atoms with E-state index in [1.807, 2.05) is 0 Å². The Hall–Kier alpha value is -2.44. The molecule has 0 radical (unpaired) electrons. The number of carboxylic acid groups (broad SMARTS) is 1. The number of nitrogens with zero attached hydrogens (tertiary/aromatic N) is 2. The first-order chi connectivity index (χ1) is 7.61. The molecule has 84 valence electrons. The fourth-order valence-corrected chi connectivity index (χ4v) is 0.810. The van der Waals surface area contributed by atoms with Crippen LogP contribution in [0.4, 0.5) is 5.82 Å². The zero-order chi connectivity index (χ0) is 12.0. The van der Waals surface area contributed by atoms with Crippen LogP contribution >= 0.6 is 0 Å². The van der Waals surface area contributed by atoms with Crippen LogP contribution in [0.5, 0.6) is 5.88 Å². The molecule has 7 nitrogen and oxygen atoms in total. The van der Waals surface area contributed by atoms with E-state index in [1.165, 1.54) is 19.2 Å². The van der Waals surface area contributed by atoms with Crippen molar-refractivity contribution in [1.29, 1.82) is 0 Å². The van der Waals surface area contributed by atoms with Gasteiger partial charge < -0.3 is 15.2 Å². The lowest BCUT2D eigenvalue weighted by atomic mass is 10.4. The standard InChI is InChI=1S/C9H9N3O4/c1-16-8-4-2-6(11-12-8)10-7(13)3-5-9(14)15/h2-5H,1H3,(H,14,15)(H,10,11,13). The van der Waals surface area contributed by atoms with Gasteiger partial charge in [0.15, 0.2) is 5.82 Å². The fourth-order valence-electron chi connectivity index (χ4n) is 0.810. The topological polar surface area (TPSA) is 101 Å². The highest BCUT2D eigenvalue weighted by Crippen LogP contribution is 2.06. The van der Waals surface area contributed by atoms with E-state index in [9.17, 15) is 9.59 Å². The van der Waals surface area contributed by atoms with Crippen molar-refractivity contribution in [2.24, 2.45) is 0 Å². The quantitative estimate of drug-likeness (QED) is 0.700. The Labute approximate surface area is 90.8 Å². The number of aromatic nitrogens is 2.